The van der Waals surface area contributed by atoms with Gasteiger partial charge in [0.15, 0.2) is 23.0 Å². The smallest absolute Gasteiger partial charge is 0.172 e. The van der Waals surface area contributed by atoms with Gasteiger partial charge in [0.2, 0.25) is 0 Å². The molecule has 4 heteroatoms. The van der Waals surface area contributed by atoms with Crippen LogP contribution in [-0.4, -0.2) is 4.57 Å². The minimum absolute atomic E-state index is 0.676. The number of rotatable bonds is 5. The summed E-state index contributed by atoms with van der Waals surface area (Å²) in [6.45, 7) is 0. The van der Waals surface area contributed by atoms with Crippen molar-refractivity contribution >= 4 is 38.9 Å². The van der Waals surface area contributed by atoms with Crippen molar-refractivity contribution in [1.29, 1.82) is 0 Å². The Morgan fingerprint density at radius 3 is 1.63 bits per heavy atom. The van der Waals surface area contributed by atoms with E-state index in [1.54, 1.807) is 0 Å². The minimum atomic E-state index is 0.676. The third-order valence-corrected chi connectivity index (χ3v) is 8.62. The van der Waals surface area contributed by atoms with E-state index >= 15 is 0 Å². The number of aromatic nitrogens is 1. The quantitative estimate of drug-likeness (QED) is 0.199. The summed E-state index contributed by atoms with van der Waals surface area (Å²) >= 11 is 0. The van der Waals surface area contributed by atoms with E-state index in [0.717, 1.165) is 39.3 Å². The SMILES string of the molecule is c1ccc(-c2cccc(N(c3ccccc3)c3ccc4c(c3)Oc3ccc(-n5c6ccccc6c6ccccc65)cc3O4)c2)cc1. The molecule has 0 spiro atoms. The van der Waals surface area contributed by atoms with Crippen LogP contribution < -0.4 is 14.4 Å². The summed E-state index contributed by atoms with van der Waals surface area (Å²) in [5.74, 6) is 2.73. The van der Waals surface area contributed by atoms with Crippen LogP contribution in [0.15, 0.2) is 170 Å². The topological polar surface area (TPSA) is 26.6 Å². The van der Waals surface area contributed by atoms with E-state index in [1.165, 1.54) is 16.3 Å². The summed E-state index contributed by atoms with van der Waals surface area (Å²) in [7, 11) is 0. The normalized spacial score (nSPS) is 11.8. The van der Waals surface area contributed by atoms with E-state index in [9.17, 15) is 0 Å². The summed E-state index contributed by atoms with van der Waals surface area (Å²) in [4.78, 5) is 2.25. The Hall–Kier alpha value is -6.26. The molecule has 7 aromatic carbocycles. The highest BCUT2D eigenvalue weighted by atomic mass is 16.6. The summed E-state index contributed by atoms with van der Waals surface area (Å²) in [5.41, 5.74) is 8.75. The molecule has 2 heterocycles. The molecule has 0 N–H and O–H groups in total. The molecule has 46 heavy (non-hydrogen) atoms. The lowest BCUT2D eigenvalue weighted by molar-refractivity contribution is 0.359. The number of fused-ring (bicyclic) bond motifs is 5. The highest BCUT2D eigenvalue weighted by Gasteiger charge is 2.23. The van der Waals surface area contributed by atoms with Crippen molar-refractivity contribution in [3.8, 4) is 39.8 Å². The van der Waals surface area contributed by atoms with Crippen molar-refractivity contribution in [2.45, 2.75) is 0 Å². The van der Waals surface area contributed by atoms with E-state index in [2.05, 4.69) is 155 Å². The first-order chi connectivity index (χ1) is 22.8. The fourth-order valence-corrected chi connectivity index (χ4v) is 6.52. The summed E-state index contributed by atoms with van der Waals surface area (Å²) < 4.78 is 15.3. The number of benzene rings is 7. The molecule has 8 aromatic rings. The van der Waals surface area contributed by atoms with Crippen LogP contribution in [0, 0.1) is 0 Å². The lowest BCUT2D eigenvalue weighted by Crippen LogP contribution is -2.10. The maximum absolute atomic E-state index is 6.52. The van der Waals surface area contributed by atoms with Gasteiger partial charge in [-0.3, -0.25) is 0 Å². The monoisotopic (exact) mass is 592 g/mol. The zero-order valence-electron chi connectivity index (χ0n) is 24.9. The summed E-state index contributed by atoms with van der Waals surface area (Å²) in [5, 5.41) is 2.45. The van der Waals surface area contributed by atoms with E-state index in [4.69, 9.17) is 9.47 Å². The molecule has 0 amide bonds. The molecule has 1 aliphatic rings. The average molecular weight is 593 g/mol. The van der Waals surface area contributed by atoms with Crippen LogP contribution in [0.2, 0.25) is 0 Å². The van der Waals surface area contributed by atoms with Crippen LogP contribution in [0.3, 0.4) is 0 Å². The molecular formula is C42H28N2O2. The van der Waals surface area contributed by atoms with Gasteiger partial charge in [0.1, 0.15) is 0 Å². The molecule has 0 aliphatic carbocycles. The third-order valence-electron chi connectivity index (χ3n) is 8.62. The minimum Gasteiger partial charge on any atom is -0.449 e. The average Bonchev–Trinajstić information content (AvgIpc) is 3.46. The van der Waals surface area contributed by atoms with Crippen molar-refractivity contribution in [3.05, 3.63) is 170 Å². The molecule has 0 unspecified atom stereocenters. The van der Waals surface area contributed by atoms with Crippen LogP contribution in [-0.2, 0) is 0 Å². The Morgan fingerprint density at radius 2 is 0.913 bits per heavy atom. The Labute approximate surface area is 266 Å². The lowest BCUT2D eigenvalue weighted by atomic mass is 10.0. The van der Waals surface area contributed by atoms with Gasteiger partial charge in [-0.2, -0.15) is 0 Å². The Bertz CT molecular complexity index is 2320. The van der Waals surface area contributed by atoms with E-state index < -0.39 is 0 Å². The summed E-state index contributed by atoms with van der Waals surface area (Å²) in [6.07, 6.45) is 0. The van der Waals surface area contributed by atoms with Gasteiger partial charge in [-0.1, -0.05) is 97.1 Å². The van der Waals surface area contributed by atoms with Crippen LogP contribution in [0.25, 0.3) is 38.6 Å². The van der Waals surface area contributed by atoms with Gasteiger partial charge in [-0.25, -0.2) is 0 Å². The Kier molecular flexibility index (Phi) is 6.10. The van der Waals surface area contributed by atoms with E-state index in [-0.39, 0.29) is 0 Å². The second kappa shape index (κ2) is 10.7. The first kappa shape index (κ1) is 26.2. The predicted molar refractivity (Wildman–Crippen MR) is 187 cm³/mol. The highest BCUT2D eigenvalue weighted by Crippen LogP contribution is 2.49. The fraction of sp³-hybridized carbons (Fsp3) is 0. The molecule has 0 bridgehead atoms. The van der Waals surface area contributed by atoms with Crippen molar-refractivity contribution in [3.63, 3.8) is 0 Å². The van der Waals surface area contributed by atoms with E-state index in [1.807, 2.05) is 24.3 Å². The maximum Gasteiger partial charge on any atom is 0.172 e. The molecule has 0 saturated heterocycles. The standard InChI is InChI=1S/C42H28N2O2/c1-3-12-29(13-4-1)30-14-11-17-32(26-30)43(31-15-5-2-6-16-31)33-22-24-39-41(27-33)45-40-25-23-34(28-42(40)46-39)44-37-20-9-7-18-35(37)36-19-8-10-21-38(36)44/h1-28H. The van der Waals surface area contributed by atoms with Crippen molar-refractivity contribution < 1.29 is 9.47 Å². The van der Waals surface area contributed by atoms with Crippen LogP contribution in [0.4, 0.5) is 17.1 Å². The van der Waals surface area contributed by atoms with Crippen LogP contribution >= 0.6 is 0 Å². The van der Waals surface area contributed by atoms with Crippen molar-refractivity contribution in [2.75, 3.05) is 4.90 Å². The predicted octanol–water partition coefficient (Wildman–Crippen LogP) is 11.8. The molecule has 218 valence electrons. The fourth-order valence-electron chi connectivity index (χ4n) is 6.52. The molecule has 0 radical (unpaired) electrons. The first-order valence-corrected chi connectivity index (χ1v) is 15.4. The van der Waals surface area contributed by atoms with Gasteiger partial charge in [0, 0.05) is 34.3 Å². The van der Waals surface area contributed by atoms with Crippen molar-refractivity contribution in [1.82, 2.24) is 4.57 Å². The molecule has 0 fully saturated rings. The van der Waals surface area contributed by atoms with Crippen LogP contribution in [0.1, 0.15) is 0 Å². The van der Waals surface area contributed by atoms with Gasteiger partial charge in [0.25, 0.3) is 0 Å². The molecule has 1 aliphatic heterocycles. The Morgan fingerprint density at radius 1 is 0.370 bits per heavy atom. The van der Waals surface area contributed by atoms with Gasteiger partial charge < -0.3 is 18.9 Å². The second-order valence-corrected chi connectivity index (χ2v) is 11.4. The molecule has 0 saturated carbocycles. The summed E-state index contributed by atoms with van der Waals surface area (Å²) in [6, 6.07) is 58.8. The van der Waals surface area contributed by atoms with Gasteiger partial charge >= 0.3 is 0 Å². The highest BCUT2D eigenvalue weighted by molar-refractivity contribution is 6.09. The van der Waals surface area contributed by atoms with Crippen molar-refractivity contribution in [2.24, 2.45) is 0 Å². The first-order valence-electron chi connectivity index (χ1n) is 15.4. The van der Waals surface area contributed by atoms with Crippen LogP contribution in [0.5, 0.6) is 23.0 Å². The third kappa shape index (κ3) is 4.39. The van der Waals surface area contributed by atoms with E-state index in [0.29, 0.717) is 23.0 Å². The lowest BCUT2D eigenvalue weighted by Gasteiger charge is -2.28. The number of para-hydroxylation sites is 3. The van der Waals surface area contributed by atoms with Gasteiger partial charge in [-0.15, -0.1) is 0 Å². The molecule has 9 rings (SSSR count). The largest absolute Gasteiger partial charge is 0.449 e. The van der Waals surface area contributed by atoms with Gasteiger partial charge in [0.05, 0.1) is 22.4 Å². The number of anilines is 3. The number of nitrogens with zero attached hydrogens (tertiary/aromatic N) is 2. The number of hydrogen-bond acceptors (Lipinski definition) is 3. The number of hydrogen-bond donors (Lipinski definition) is 0. The maximum atomic E-state index is 6.52. The zero-order valence-corrected chi connectivity index (χ0v) is 24.9. The molecule has 0 atom stereocenters. The molecule has 1 aromatic heterocycles. The molecule has 4 nitrogen and oxygen atoms in total. The second-order valence-electron chi connectivity index (χ2n) is 11.4. The number of ether oxygens (including phenoxy) is 2. The molecular weight excluding hydrogens is 564 g/mol. The Balaban J connectivity index is 1.10. The zero-order chi connectivity index (χ0) is 30.5. The van der Waals surface area contributed by atoms with Gasteiger partial charge in [-0.05, 0) is 71.8 Å².